The summed E-state index contributed by atoms with van der Waals surface area (Å²) < 4.78 is 0. The van der Waals surface area contributed by atoms with Crippen LogP contribution in [0.2, 0.25) is 0 Å². The highest BCUT2D eigenvalue weighted by Gasteiger charge is 2.28. The lowest BCUT2D eigenvalue weighted by Crippen LogP contribution is -2.25. The van der Waals surface area contributed by atoms with Gasteiger partial charge in [-0.05, 0) is 51.4 Å². The molecule has 2 rings (SSSR count). The third-order valence-corrected chi connectivity index (χ3v) is 4.07. The minimum absolute atomic E-state index is 0.0655. The van der Waals surface area contributed by atoms with Crippen LogP contribution in [0.4, 0.5) is 0 Å². The molecule has 4 heteroatoms. The van der Waals surface area contributed by atoms with Crippen LogP contribution in [0.25, 0.3) is 0 Å². The Hall–Kier alpha value is -0.800. The predicted molar refractivity (Wildman–Crippen MR) is 68.8 cm³/mol. The molecule has 0 bridgehead atoms. The second-order valence-corrected chi connectivity index (χ2v) is 5.66. The molecule has 0 aliphatic heterocycles. The molecule has 4 nitrogen and oxygen atoms in total. The maximum Gasteiger partial charge on any atom is 0.478 e. The van der Waals surface area contributed by atoms with Crippen molar-refractivity contribution < 1.29 is 14.8 Å². The fourth-order valence-electron chi connectivity index (χ4n) is 2.96. The molecule has 0 unspecified atom stereocenters. The zero-order chi connectivity index (χ0) is 12.6. The van der Waals surface area contributed by atoms with Crippen LogP contribution >= 0.6 is 0 Å². The molecular formula is C14H26NO3+. The van der Waals surface area contributed by atoms with Gasteiger partial charge in [-0.15, -0.1) is 0 Å². The Morgan fingerprint density at radius 1 is 0.611 bits per heavy atom. The Kier molecular flexibility index (Phi) is 5.75. The fourth-order valence-corrected chi connectivity index (χ4v) is 2.96. The third kappa shape index (κ3) is 4.83. The van der Waals surface area contributed by atoms with E-state index < -0.39 is 0 Å². The summed E-state index contributed by atoms with van der Waals surface area (Å²) in [6, 6.07) is 0. The number of hydrogen-bond acceptors (Lipinski definition) is 3. The highest BCUT2D eigenvalue weighted by molar-refractivity contribution is 4.63. The van der Waals surface area contributed by atoms with Crippen molar-refractivity contribution in [2.24, 2.45) is 0 Å². The zero-order valence-corrected chi connectivity index (χ0v) is 11.3. The van der Waals surface area contributed by atoms with Crippen LogP contribution in [0.15, 0.2) is 0 Å². The van der Waals surface area contributed by atoms with Crippen molar-refractivity contribution in [2.75, 3.05) is 0 Å². The maximum absolute atomic E-state index is 11.7. The summed E-state index contributed by atoms with van der Waals surface area (Å²) in [6.45, 7) is 0. The van der Waals surface area contributed by atoms with Crippen LogP contribution in [-0.4, -0.2) is 17.3 Å². The van der Waals surface area contributed by atoms with E-state index >= 15 is 0 Å². The second-order valence-electron chi connectivity index (χ2n) is 5.66. The average Bonchev–Trinajstić information content (AvgIpc) is 2.74. The highest BCUT2D eigenvalue weighted by atomic mass is 17.0. The summed E-state index contributed by atoms with van der Waals surface area (Å²) in [4.78, 5) is 22.4. The van der Waals surface area contributed by atoms with E-state index in [0.717, 1.165) is 25.7 Å². The van der Waals surface area contributed by atoms with Crippen molar-refractivity contribution >= 4 is 0 Å². The lowest BCUT2D eigenvalue weighted by atomic mass is 10.2. The Balaban J connectivity index is 1.69. The standard InChI is InChI=1S/C14H26NO3/c16-15(17-13-9-5-1-2-6-10-13)18-14-11-7-3-4-8-12-14/h13-14H,1-12H2/q+1. The van der Waals surface area contributed by atoms with Crippen molar-refractivity contribution in [1.82, 2.24) is 0 Å². The monoisotopic (exact) mass is 256 g/mol. The van der Waals surface area contributed by atoms with E-state index in [-0.39, 0.29) is 12.2 Å². The molecular weight excluding hydrogens is 230 g/mol. The first-order chi connectivity index (χ1) is 8.84. The van der Waals surface area contributed by atoms with Crippen LogP contribution in [0, 0.1) is 4.91 Å². The summed E-state index contributed by atoms with van der Waals surface area (Å²) >= 11 is 0. The van der Waals surface area contributed by atoms with Gasteiger partial charge >= 0.3 is 5.09 Å². The lowest BCUT2D eigenvalue weighted by molar-refractivity contribution is -0.993. The molecule has 0 heterocycles. The van der Waals surface area contributed by atoms with Crippen LogP contribution in [0.3, 0.4) is 0 Å². The van der Waals surface area contributed by atoms with Gasteiger partial charge in [-0.2, -0.15) is 9.68 Å². The first kappa shape index (κ1) is 13.6. The van der Waals surface area contributed by atoms with Gasteiger partial charge in [0.1, 0.15) is 4.91 Å². The fraction of sp³-hybridized carbons (Fsp3) is 1.00. The van der Waals surface area contributed by atoms with E-state index in [1.807, 2.05) is 0 Å². The Bertz CT molecular complexity index is 217. The number of hydrogen-bond donors (Lipinski definition) is 0. The molecule has 0 saturated heterocycles. The summed E-state index contributed by atoms with van der Waals surface area (Å²) in [7, 11) is 0. The largest absolute Gasteiger partial charge is 0.478 e. The second kappa shape index (κ2) is 7.59. The van der Waals surface area contributed by atoms with Crippen molar-refractivity contribution in [3.05, 3.63) is 4.91 Å². The first-order valence-electron chi connectivity index (χ1n) is 7.65. The van der Waals surface area contributed by atoms with Gasteiger partial charge < -0.3 is 0 Å². The molecule has 2 aliphatic carbocycles. The summed E-state index contributed by atoms with van der Waals surface area (Å²) in [6.07, 6.45) is 13.8. The van der Waals surface area contributed by atoms with E-state index in [0.29, 0.717) is 5.09 Å². The van der Waals surface area contributed by atoms with Crippen molar-refractivity contribution in [3.63, 3.8) is 0 Å². The minimum atomic E-state index is 0.0655. The smallest absolute Gasteiger partial charge is 0.183 e. The lowest BCUT2D eigenvalue weighted by Gasteiger charge is -2.09. The molecule has 0 aromatic carbocycles. The molecule has 104 valence electrons. The summed E-state index contributed by atoms with van der Waals surface area (Å²) in [5.41, 5.74) is 0. The van der Waals surface area contributed by atoms with Gasteiger partial charge in [-0.3, -0.25) is 0 Å². The van der Waals surface area contributed by atoms with Crippen LogP contribution < -0.4 is 0 Å². The summed E-state index contributed by atoms with van der Waals surface area (Å²) in [5.74, 6) is 0. The predicted octanol–water partition coefficient (Wildman–Crippen LogP) is 4.07. The number of rotatable bonds is 4. The van der Waals surface area contributed by atoms with Gasteiger partial charge in [0, 0.05) is 0 Å². The Morgan fingerprint density at radius 3 is 1.28 bits per heavy atom. The van der Waals surface area contributed by atoms with Gasteiger partial charge in [0.2, 0.25) is 0 Å². The van der Waals surface area contributed by atoms with E-state index in [4.69, 9.17) is 9.68 Å². The highest BCUT2D eigenvalue weighted by Crippen LogP contribution is 2.22. The molecule has 0 radical (unpaired) electrons. The SMILES string of the molecule is O=[N+](OC1CCCCCC1)OC1CCCCCC1. The van der Waals surface area contributed by atoms with E-state index in [1.54, 1.807) is 0 Å². The third-order valence-electron chi connectivity index (χ3n) is 4.07. The molecule has 0 amide bonds. The van der Waals surface area contributed by atoms with Gasteiger partial charge in [0.05, 0.1) is 0 Å². The van der Waals surface area contributed by atoms with Crippen LogP contribution in [0.1, 0.15) is 77.0 Å². The topological polar surface area (TPSA) is 38.5 Å². The van der Waals surface area contributed by atoms with Crippen molar-refractivity contribution in [2.45, 2.75) is 89.3 Å². The van der Waals surface area contributed by atoms with Crippen molar-refractivity contribution in [1.29, 1.82) is 0 Å². The van der Waals surface area contributed by atoms with Gasteiger partial charge in [0.15, 0.2) is 12.2 Å². The molecule has 0 aromatic rings. The molecule has 2 aliphatic rings. The number of nitrogens with zero attached hydrogens (tertiary/aromatic N) is 1. The minimum Gasteiger partial charge on any atom is -0.183 e. The first-order valence-corrected chi connectivity index (χ1v) is 7.65. The zero-order valence-electron chi connectivity index (χ0n) is 11.3. The van der Waals surface area contributed by atoms with Crippen molar-refractivity contribution in [3.8, 4) is 0 Å². The normalized spacial score (nSPS) is 24.0. The molecule has 0 N–H and O–H groups in total. The van der Waals surface area contributed by atoms with Gasteiger partial charge in [-0.25, -0.2) is 0 Å². The Morgan fingerprint density at radius 2 is 0.944 bits per heavy atom. The van der Waals surface area contributed by atoms with E-state index in [1.165, 1.54) is 51.4 Å². The van der Waals surface area contributed by atoms with E-state index in [9.17, 15) is 4.91 Å². The van der Waals surface area contributed by atoms with Gasteiger partial charge in [-0.1, -0.05) is 25.7 Å². The summed E-state index contributed by atoms with van der Waals surface area (Å²) in [5, 5.41) is 0.409. The Labute approximate surface area is 110 Å². The molecule has 2 fully saturated rings. The van der Waals surface area contributed by atoms with Crippen LogP contribution in [-0.2, 0) is 9.68 Å². The molecule has 0 aromatic heterocycles. The molecule has 2 saturated carbocycles. The maximum atomic E-state index is 11.7. The molecule has 0 spiro atoms. The van der Waals surface area contributed by atoms with Crippen LogP contribution in [0.5, 0.6) is 0 Å². The quantitative estimate of drug-likeness (QED) is 0.562. The molecule has 18 heavy (non-hydrogen) atoms. The van der Waals surface area contributed by atoms with E-state index in [2.05, 4.69) is 0 Å². The molecule has 0 atom stereocenters. The average molecular weight is 256 g/mol. The van der Waals surface area contributed by atoms with Gasteiger partial charge in [0.25, 0.3) is 0 Å².